The third-order valence-electron chi connectivity index (χ3n) is 5.22. The number of anilines is 4. The highest BCUT2D eigenvalue weighted by Gasteiger charge is 2.13. The summed E-state index contributed by atoms with van der Waals surface area (Å²) in [4.78, 5) is 21.0. The molecule has 0 bridgehead atoms. The van der Waals surface area contributed by atoms with Crippen LogP contribution in [-0.4, -0.2) is 45.2 Å². The first-order valence-corrected chi connectivity index (χ1v) is 10.8. The molecule has 0 saturated heterocycles. The van der Waals surface area contributed by atoms with Gasteiger partial charge in [0.25, 0.3) is 0 Å². The smallest absolute Gasteiger partial charge is 0.411 e. The molecular weight excluding hydrogens is 390 g/mol. The molecule has 2 aromatic rings. The van der Waals surface area contributed by atoms with E-state index in [0.29, 0.717) is 6.42 Å². The summed E-state index contributed by atoms with van der Waals surface area (Å²) in [5.41, 5.74) is 10.4. The minimum Gasteiger partial charge on any atom is -0.449 e. The lowest BCUT2D eigenvalue weighted by molar-refractivity contribution is 0.165. The first-order valence-electron chi connectivity index (χ1n) is 10.8. The van der Waals surface area contributed by atoms with E-state index in [1.807, 2.05) is 43.3 Å². The van der Waals surface area contributed by atoms with E-state index < -0.39 is 6.09 Å². The van der Waals surface area contributed by atoms with Crippen LogP contribution in [-0.2, 0) is 4.74 Å². The molecule has 0 aliphatic rings. The van der Waals surface area contributed by atoms with Gasteiger partial charge in [-0.25, -0.2) is 4.79 Å². The van der Waals surface area contributed by atoms with Crippen LogP contribution < -0.4 is 20.9 Å². The number of rotatable bonds is 9. The van der Waals surface area contributed by atoms with Gasteiger partial charge in [-0.15, -0.1) is 0 Å². The van der Waals surface area contributed by atoms with Crippen LogP contribution in [0.3, 0.4) is 0 Å². The van der Waals surface area contributed by atoms with Gasteiger partial charge in [-0.3, -0.25) is 10.3 Å². The molecule has 0 unspecified atom stereocenters. The van der Waals surface area contributed by atoms with E-state index in [1.165, 1.54) is 0 Å². The predicted octanol–water partition coefficient (Wildman–Crippen LogP) is 4.92. The summed E-state index contributed by atoms with van der Waals surface area (Å²) in [6, 6.07) is 13.7. The van der Waals surface area contributed by atoms with Gasteiger partial charge in [0, 0.05) is 55.9 Å². The van der Waals surface area contributed by atoms with Gasteiger partial charge in [0.05, 0.1) is 0 Å². The average Bonchev–Trinajstić information content (AvgIpc) is 2.77. The summed E-state index contributed by atoms with van der Waals surface area (Å²) in [6.07, 6.45) is 0.0480. The molecular formula is C24H35N5O2. The maximum absolute atomic E-state index is 12.3. The van der Waals surface area contributed by atoms with E-state index in [0.717, 1.165) is 53.8 Å². The number of nitrogens with one attached hydrogen (secondary N) is 1. The normalized spacial score (nSPS) is 11.2. The minimum absolute atomic E-state index is 0.237. The molecule has 7 nitrogen and oxygen atoms in total. The van der Waals surface area contributed by atoms with Gasteiger partial charge < -0.3 is 20.3 Å². The number of hydrogen-bond donors (Lipinski definition) is 2. The van der Waals surface area contributed by atoms with Crippen molar-refractivity contribution in [2.24, 2.45) is 4.99 Å². The highest BCUT2D eigenvalue weighted by molar-refractivity contribution is 5.98. The summed E-state index contributed by atoms with van der Waals surface area (Å²) in [5.74, 6) is 0.847. The van der Waals surface area contributed by atoms with Gasteiger partial charge >= 0.3 is 6.09 Å². The van der Waals surface area contributed by atoms with Crippen LogP contribution in [0.25, 0.3) is 0 Å². The first-order chi connectivity index (χ1) is 14.9. The lowest BCUT2D eigenvalue weighted by Gasteiger charge is -2.25. The minimum atomic E-state index is -0.468. The fourth-order valence-electron chi connectivity index (χ4n) is 3.49. The van der Waals surface area contributed by atoms with Crippen molar-refractivity contribution in [3.05, 3.63) is 48.0 Å². The van der Waals surface area contributed by atoms with Crippen LogP contribution in [0.5, 0.6) is 0 Å². The van der Waals surface area contributed by atoms with Crippen LogP contribution >= 0.6 is 0 Å². The number of hydrogen-bond acceptors (Lipinski definition) is 5. The van der Waals surface area contributed by atoms with E-state index in [4.69, 9.17) is 10.5 Å². The van der Waals surface area contributed by atoms with E-state index in [1.54, 1.807) is 7.05 Å². The molecule has 0 fully saturated rings. The Labute approximate surface area is 185 Å². The summed E-state index contributed by atoms with van der Waals surface area (Å²) in [6.45, 7) is 11.2. The van der Waals surface area contributed by atoms with E-state index >= 15 is 0 Å². The van der Waals surface area contributed by atoms with Gasteiger partial charge in [-0.1, -0.05) is 0 Å². The first kappa shape index (κ1) is 24.1. The Morgan fingerprint density at radius 2 is 1.68 bits per heavy atom. The number of amides is 1. The Bertz CT molecular complexity index is 876. The molecule has 1 amide bonds. The molecule has 0 radical (unpaired) electrons. The second-order valence-electron chi connectivity index (χ2n) is 7.16. The van der Waals surface area contributed by atoms with Crippen LogP contribution in [0, 0.1) is 6.92 Å². The van der Waals surface area contributed by atoms with E-state index in [-0.39, 0.29) is 6.61 Å². The number of carbonyl (C=O) groups is 1. The van der Waals surface area contributed by atoms with Crippen molar-refractivity contribution in [3.63, 3.8) is 0 Å². The van der Waals surface area contributed by atoms with Crippen LogP contribution in [0.1, 0.15) is 32.8 Å². The average molecular weight is 426 g/mol. The van der Waals surface area contributed by atoms with Gasteiger partial charge in [-0.2, -0.15) is 0 Å². The second kappa shape index (κ2) is 11.8. The van der Waals surface area contributed by atoms with Gasteiger partial charge in [0.1, 0.15) is 12.4 Å². The third-order valence-corrected chi connectivity index (χ3v) is 5.22. The Balaban J connectivity index is 1.92. The molecule has 0 heterocycles. The highest BCUT2D eigenvalue weighted by atomic mass is 16.5. The summed E-state index contributed by atoms with van der Waals surface area (Å²) in [7, 11) is 1.75. The third kappa shape index (κ3) is 6.64. The van der Waals surface area contributed by atoms with Gasteiger partial charge in [-0.05, 0) is 75.7 Å². The number of nitrogen functional groups attached to an aromatic ring is 1. The molecule has 0 saturated carbocycles. The Morgan fingerprint density at radius 1 is 1.03 bits per heavy atom. The van der Waals surface area contributed by atoms with Crippen molar-refractivity contribution in [3.8, 4) is 0 Å². The quantitative estimate of drug-likeness (QED) is 0.339. The van der Waals surface area contributed by atoms with Crippen molar-refractivity contribution in [1.29, 1.82) is 0 Å². The molecule has 2 rings (SSSR count). The predicted molar refractivity (Wildman–Crippen MR) is 132 cm³/mol. The Kier molecular flexibility index (Phi) is 9.18. The fourth-order valence-corrected chi connectivity index (χ4v) is 3.49. The zero-order valence-electron chi connectivity index (χ0n) is 19.3. The van der Waals surface area contributed by atoms with Crippen molar-refractivity contribution in [2.45, 2.75) is 34.1 Å². The molecule has 7 heteroatoms. The SMILES string of the molecule is CCN(CC)c1ccc(NC(=O)OCCC(=NC)N(CC)c2ccc(N)cc2)c(C)c1. The largest absolute Gasteiger partial charge is 0.449 e. The van der Waals surface area contributed by atoms with Crippen molar-refractivity contribution in [2.75, 3.05) is 54.1 Å². The van der Waals surface area contributed by atoms with Crippen molar-refractivity contribution >= 4 is 34.7 Å². The molecule has 31 heavy (non-hydrogen) atoms. The zero-order valence-corrected chi connectivity index (χ0v) is 19.3. The maximum atomic E-state index is 12.3. The van der Waals surface area contributed by atoms with E-state index in [9.17, 15) is 4.79 Å². The molecule has 3 N–H and O–H groups in total. The number of aryl methyl sites for hydroxylation is 1. The lowest BCUT2D eigenvalue weighted by atomic mass is 10.1. The van der Waals surface area contributed by atoms with Crippen LogP contribution in [0.15, 0.2) is 47.5 Å². The maximum Gasteiger partial charge on any atom is 0.411 e. The van der Waals surface area contributed by atoms with Crippen LogP contribution in [0.4, 0.5) is 27.5 Å². The number of aliphatic imine (C=N–C) groups is 1. The summed E-state index contributed by atoms with van der Waals surface area (Å²) in [5, 5.41) is 2.84. The summed E-state index contributed by atoms with van der Waals surface area (Å²) >= 11 is 0. The molecule has 0 spiro atoms. The highest BCUT2D eigenvalue weighted by Crippen LogP contribution is 2.23. The molecule has 0 aliphatic heterocycles. The second-order valence-corrected chi connectivity index (χ2v) is 7.16. The molecule has 0 aromatic heterocycles. The topological polar surface area (TPSA) is 83.2 Å². The van der Waals surface area contributed by atoms with Gasteiger partial charge in [0.2, 0.25) is 0 Å². The van der Waals surface area contributed by atoms with E-state index in [2.05, 4.69) is 46.9 Å². The Hall–Kier alpha value is -3.22. The number of nitrogens with zero attached hydrogens (tertiary/aromatic N) is 3. The molecule has 0 aliphatic carbocycles. The summed E-state index contributed by atoms with van der Waals surface area (Å²) < 4.78 is 5.42. The molecule has 2 aromatic carbocycles. The molecule has 0 atom stereocenters. The number of ether oxygens (including phenoxy) is 1. The number of nitrogens with two attached hydrogens (primary N) is 1. The number of amidine groups is 1. The lowest BCUT2D eigenvalue weighted by Crippen LogP contribution is -2.32. The monoisotopic (exact) mass is 425 g/mol. The fraction of sp³-hybridized carbons (Fsp3) is 0.417. The Morgan fingerprint density at radius 3 is 2.23 bits per heavy atom. The van der Waals surface area contributed by atoms with Gasteiger partial charge in [0.15, 0.2) is 0 Å². The molecule has 168 valence electrons. The number of benzene rings is 2. The number of carbonyl (C=O) groups excluding carboxylic acids is 1. The van der Waals surface area contributed by atoms with Crippen molar-refractivity contribution in [1.82, 2.24) is 0 Å². The standard InChI is InChI=1S/C24H35N5O2/c1-6-28(7-2)21-13-14-22(18(4)17-21)27-24(30)31-16-15-23(26-5)29(8-3)20-11-9-19(25)10-12-20/h9-14,17H,6-8,15-16,25H2,1-5H3,(H,27,30). The zero-order chi connectivity index (χ0) is 22.8. The van der Waals surface area contributed by atoms with Crippen molar-refractivity contribution < 1.29 is 9.53 Å². The van der Waals surface area contributed by atoms with Crippen LogP contribution in [0.2, 0.25) is 0 Å².